The van der Waals surface area contributed by atoms with Gasteiger partial charge in [-0.1, -0.05) is 45.7 Å². The standard InChI is InChI=1S/C13H15BrClN3O/c1-2-12(14)13-9-18(17-16-13)6-7-19-11-5-3-4-10(15)8-11/h3-5,8-9,12H,2,6-7H2,1H3. The molecule has 0 amide bonds. The van der Waals surface area contributed by atoms with Crippen LogP contribution in [0.2, 0.25) is 5.02 Å². The summed E-state index contributed by atoms with van der Waals surface area (Å²) < 4.78 is 7.38. The molecule has 2 aromatic rings. The van der Waals surface area contributed by atoms with Crippen molar-refractivity contribution in [3.8, 4) is 5.75 Å². The molecule has 0 saturated carbocycles. The predicted octanol–water partition coefficient (Wildman–Crippen LogP) is 3.86. The van der Waals surface area contributed by atoms with E-state index in [1.807, 2.05) is 24.4 Å². The Balaban J connectivity index is 1.84. The van der Waals surface area contributed by atoms with Crippen molar-refractivity contribution in [3.63, 3.8) is 0 Å². The summed E-state index contributed by atoms with van der Waals surface area (Å²) in [7, 11) is 0. The van der Waals surface area contributed by atoms with Gasteiger partial charge in [-0.15, -0.1) is 5.10 Å². The SMILES string of the molecule is CCC(Br)c1cn(CCOc2cccc(Cl)c2)nn1. The summed E-state index contributed by atoms with van der Waals surface area (Å²) in [6, 6.07) is 7.35. The molecule has 1 unspecified atom stereocenters. The van der Waals surface area contributed by atoms with E-state index >= 15 is 0 Å². The fraction of sp³-hybridized carbons (Fsp3) is 0.385. The Bertz CT molecular complexity index is 532. The summed E-state index contributed by atoms with van der Waals surface area (Å²) >= 11 is 9.43. The molecule has 0 bridgehead atoms. The summed E-state index contributed by atoms with van der Waals surface area (Å²) in [5.74, 6) is 0.764. The molecule has 102 valence electrons. The van der Waals surface area contributed by atoms with E-state index in [0.717, 1.165) is 17.9 Å². The number of hydrogen-bond donors (Lipinski definition) is 0. The Morgan fingerprint density at radius 3 is 3.05 bits per heavy atom. The van der Waals surface area contributed by atoms with Crippen LogP contribution < -0.4 is 4.74 Å². The van der Waals surface area contributed by atoms with Gasteiger partial charge >= 0.3 is 0 Å². The summed E-state index contributed by atoms with van der Waals surface area (Å²) in [6.07, 6.45) is 2.92. The molecule has 1 heterocycles. The minimum Gasteiger partial charge on any atom is -0.492 e. The van der Waals surface area contributed by atoms with Gasteiger partial charge in [-0.2, -0.15) is 0 Å². The van der Waals surface area contributed by atoms with Crippen LogP contribution in [0.3, 0.4) is 0 Å². The quantitative estimate of drug-likeness (QED) is 0.747. The van der Waals surface area contributed by atoms with Crippen molar-refractivity contribution < 1.29 is 4.74 Å². The number of hydrogen-bond acceptors (Lipinski definition) is 3. The molecule has 2 rings (SSSR count). The highest BCUT2D eigenvalue weighted by Crippen LogP contribution is 2.23. The molecule has 4 nitrogen and oxygen atoms in total. The van der Waals surface area contributed by atoms with Gasteiger partial charge in [0.15, 0.2) is 0 Å². The molecule has 0 spiro atoms. The maximum Gasteiger partial charge on any atom is 0.120 e. The zero-order valence-electron chi connectivity index (χ0n) is 10.6. The smallest absolute Gasteiger partial charge is 0.120 e. The number of ether oxygens (including phenoxy) is 1. The number of alkyl halides is 1. The van der Waals surface area contributed by atoms with E-state index in [0.29, 0.717) is 18.2 Å². The Morgan fingerprint density at radius 1 is 1.47 bits per heavy atom. The van der Waals surface area contributed by atoms with Crippen molar-refractivity contribution in [1.29, 1.82) is 0 Å². The second-order valence-electron chi connectivity index (χ2n) is 4.09. The van der Waals surface area contributed by atoms with E-state index < -0.39 is 0 Å². The molecule has 6 heteroatoms. The third-order valence-electron chi connectivity index (χ3n) is 2.62. The second kappa shape index (κ2) is 6.91. The van der Waals surface area contributed by atoms with Crippen LogP contribution >= 0.6 is 27.5 Å². The minimum absolute atomic E-state index is 0.259. The number of aromatic nitrogens is 3. The van der Waals surface area contributed by atoms with E-state index in [9.17, 15) is 0 Å². The Morgan fingerprint density at radius 2 is 2.32 bits per heavy atom. The summed E-state index contributed by atoms with van der Waals surface area (Å²) in [4.78, 5) is 0.259. The van der Waals surface area contributed by atoms with Crippen LogP contribution in [0.5, 0.6) is 5.75 Å². The lowest BCUT2D eigenvalue weighted by Gasteiger charge is -2.06. The fourth-order valence-corrected chi connectivity index (χ4v) is 1.98. The van der Waals surface area contributed by atoms with Crippen molar-refractivity contribution in [1.82, 2.24) is 15.0 Å². The normalized spacial score (nSPS) is 12.4. The highest BCUT2D eigenvalue weighted by molar-refractivity contribution is 9.09. The first-order valence-corrected chi connectivity index (χ1v) is 7.41. The van der Waals surface area contributed by atoms with Crippen LogP contribution in [0, 0.1) is 0 Å². The predicted molar refractivity (Wildman–Crippen MR) is 78.9 cm³/mol. The van der Waals surface area contributed by atoms with E-state index in [1.165, 1.54) is 0 Å². The van der Waals surface area contributed by atoms with Gasteiger partial charge in [0, 0.05) is 11.2 Å². The average Bonchev–Trinajstić information content (AvgIpc) is 2.87. The van der Waals surface area contributed by atoms with E-state index in [2.05, 4.69) is 33.2 Å². The highest BCUT2D eigenvalue weighted by atomic mass is 79.9. The third-order valence-corrected chi connectivity index (χ3v) is 3.97. The van der Waals surface area contributed by atoms with Gasteiger partial charge < -0.3 is 4.74 Å². The Kier molecular flexibility index (Phi) is 5.22. The topological polar surface area (TPSA) is 39.9 Å². The maximum atomic E-state index is 5.88. The molecular formula is C13H15BrClN3O. The van der Waals surface area contributed by atoms with Crippen LogP contribution in [0.15, 0.2) is 30.5 Å². The molecule has 0 radical (unpaired) electrons. The summed E-state index contributed by atoms with van der Waals surface area (Å²) in [6.45, 7) is 3.28. The zero-order chi connectivity index (χ0) is 13.7. The van der Waals surface area contributed by atoms with Gasteiger partial charge in [0.2, 0.25) is 0 Å². The minimum atomic E-state index is 0.259. The van der Waals surface area contributed by atoms with Gasteiger partial charge in [-0.3, -0.25) is 0 Å². The number of halogens is 2. The van der Waals surface area contributed by atoms with Crippen molar-refractivity contribution in [2.75, 3.05) is 6.61 Å². The van der Waals surface area contributed by atoms with Crippen molar-refractivity contribution >= 4 is 27.5 Å². The van der Waals surface area contributed by atoms with Crippen LogP contribution in [-0.2, 0) is 6.54 Å². The monoisotopic (exact) mass is 343 g/mol. The van der Waals surface area contributed by atoms with E-state index in [4.69, 9.17) is 16.3 Å². The lowest BCUT2D eigenvalue weighted by Crippen LogP contribution is -2.08. The summed E-state index contributed by atoms with van der Waals surface area (Å²) in [5.41, 5.74) is 0.949. The van der Waals surface area contributed by atoms with Crippen molar-refractivity contribution in [2.45, 2.75) is 24.7 Å². The number of nitrogens with zero attached hydrogens (tertiary/aromatic N) is 3. The molecule has 0 aliphatic carbocycles. The van der Waals surface area contributed by atoms with E-state index in [-0.39, 0.29) is 4.83 Å². The van der Waals surface area contributed by atoms with Crippen molar-refractivity contribution in [2.24, 2.45) is 0 Å². The number of benzene rings is 1. The van der Waals surface area contributed by atoms with Crippen LogP contribution in [0.4, 0.5) is 0 Å². The average molecular weight is 345 g/mol. The Labute approximate surface area is 125 Å². The van der Waals surface area contributed by atoms with Gasteiger partial charge in [0.25, 0.3) is 0 Å². The molecule has 0 saturated heterocycles. The Hall–Kier alpha value is -1.07. The van der Waals surface area contributed by atoms with Crippen LogP contribution in [-0.4, -0.2) is 21.6 Å². The number of rotatable bonds is 6. The largest absolute Gasteiger partial charge is 0.492 e. The highest BCUT2D eigenvalue weighted by Gasteiger charge is 2.09. The van der Waals surface area contributed by atoms with Gasteiger partial charge in [0.05, 0.1) is 17.1 Å². The van der Waals surface area contributed by atoms with Crippen LogP contribution in [0.1, 0.15) is 23.9 Å². The molecule has 1 atom stereocenters. The molecule has 0 aliphatic rings. The maximum absolute atomic E-state index is 5.88. The van der Waals surface area contributed by atoms with Gasteiger partial charge in [-0.25, -0.2) is 4.68 Å². The molecule has 1 aromatic carbocycles. The van der Waals surface area contributed by atoms with Crippen molar-refractivity contribution in [3.05, 3.63) is 41.2 Å². The van der Waals surface area contributed by atoms with Gasteiger partial charge in [-0.05, 0) is 24.6 Å². The lowest BCUT2D eigenvalue weighted by molar-refractivity contribution is 0.289. The molecule has 0 aliphatic heterocycles. The first-order chi connectivity index (χ1) is 9.19. The molecular weight excluding hydrogens is 330 g/mol. The molecule has 0 fully saturated rings. The summed E-state index contributed by atoms with van der Waals surface area (Å²) in [5, 5.41) is 8.85. The molecule has 0 N–H and O–H groups in total. The molecule has 1 aromatic heterocycles. The first-order valence-electron chi connectivity index (χ1n) is 6.11. The van der Waals surface area contributed by atoms with E-state index in [1.54, 1.807) is 10.7 Å². The lowest BCUT2D eigenvalue weighted by atomic mass is 10.3. The first kappa shape index (κ1) is 14.3. The third kappa shape index (κ3) is 4.21. The van der Waals surface area contributed by atoms with Gasteiger partial charge in [0.1, 0.15) is 12.4 Å². The fourth-order valence-electron chi connectivity index (χ4n) is 1.59. The zero-order valence-corrected chi connectivity index (χ0v) is 12.9. The second-order valence-corrected chi connectivity index (χ2v) is 5.63. The van der Waals surface area contributed by atoms with Crippen LogP contribution in [0.25, 0.3) is 0 Å². The molecule has 19 heavy (non-hydrogen) atoms.